The van der Waals surface area contributed by atoms with E-state index >= 15 is 0 Å². The van der Waals surface area contributed by atoms with Gasteiger partial charge in [-0.2, -0.15) is 0 Å². The second-order valence-corrected chi connectivity index (χ2v) is 2.24. The molecule has 0 aromatic rings. The van der Waals surface area contributed by atoms with E-state index in [4.69, 9.17) is 9.84 Å². The van der Waals surface area contributed by atoms with Gasteiger partial charge in [0.25, 0.3) is 0 Å². The van der Waals surface area contributed by atoms with E-state index in [1.54, 1.807) is 0 Å². The van der Waals surface area contributed by atoms with Crippen molar-refractivity contribution in [2.24, 2.45) is 5.92 Å². The lowest BCUT2D eigenvalue weighted by Crippen LogP contribution is -2.00. The lowest BCUT2D eigenvalue weighted by Gasteiger charge is -2.00. The van der Waals surface area contributed by atoms with E-state index in [1.165, 1.54) is 0 Å². The van der Waals surface area contributed by atoms with E-state index in [-0.39, 0.29) is 0 Å². The second-order valence-electron chi connectivity index (χ2n) is 2.24. The van der Waals surface area contributed by atoms with Crippen LogP contribution in [0.15, 0.2) is 0 Å². The molecule has 0 aromatic heterocycles. The Morgan fingerprint density at radius 3 is 2.60 bits per heavy atom. The Morgan fingerprint density at radius 1 is 1.50 bits per heavy atom. The highest BCUT2D eigenvalue weighted by Crippen LogP contribution is 2.14. The molecule has 1 saturated heterocycles. The third-order valence-electron chi connectivity index (χ3n) is 1.56. The Hall–Kier alpha value is -0.520. The fourth-order valence-electron chi connectivity index (χ4n) is 0.994. The predicted molar refractivity (Wildman–Crippen MR) is 40.5 cm³/mol. The molecule has 0 unspecified atom stereocenters. The highest BCUT2D eigenvalue weighted by Gasteiger charge is 2.13. The van der Waals surface area contributed by atoms with Crippen LogP contribution >= 0.6 is 0 Å². The van der Waals surface area contributed by atoms with Gasteiger partial charge in [-0.3, -0.25) is 0 Å². The van der Waals surface area contributed by atoms with E-state index in [1.807, 2.05) is 0 Å². The molecule has 0 radical (unpaired) electrons. The van der Waals surface area contributed by atoms with Crippen LogP contribution in [0, 0.1) is 18.8 Å². The summed E-state index contributed by atoms with van der Waals surface area (Å²) in [6, 6.07) is 0. The average Bonchev–Trinajstić information content (AvgIpc) is 2.46. The maximum Gasteiger partial charge on any atom is 0.0495 e. The summed E-state index contributed by atoms with van der Waals surface area (Å²) >= 11 is 0. The van der Waals surface area contributed by atoms with Crippen LogP contribution in [0.3, 0.4) is 0 Å². The minimum atomic E-state index is 0.314. The zero-order valence-corrected chi connectivity index (χ0v) is 6.12. The van der Waals surface area contributed by atoms with Gasteiger partial charge >= 0.3 is 0 Å². The molecule has 1 heterocycles. The molecule has 1 atom stereocenters. The second kappa shape index (κ2) is 6.60. The molecule has 0 aromatic carbocycles. The van der Waals surface area contributed by atoms with Crippen molar-refractivity contribution < 1.29 is 9.84 Å². The van der Waals surface area contributed by atoms with Crippen molar-refractivity contribution in [3.63, 3.8) is 0 Å². The number of ether oxygens (including phenoxy) is 1. The first-order valence-corrected chi connectivity index (χ1v) is 3.45. The Kier molecular flexibility index (Phi) is 6.25. The normalized spacial score (nSPS) is 23.3. The molecule has 2 heteroatoms. The largest absolute Gasteiger partial charge is 0.396 e. The predicted octanol–water partition coefficient (Wildman–Crippen LogP) is 0.655. The molecule has 10 heavy (non-hydrogen) atoms. The number of hydrogen-bond donors (Lipinski definition) is 1. The summed E-state index contributed by atoms with van der Waals surface area (Å²) in [6.45, 7) is 2.07. The molecule has 2 nitrogen and oxygen atoms in total. The van der Waals surface area contributed by atoms with Gasteiger partial charge in [0.2, 0.25) is 0 Å². The van der Waals surface area contributed by atoms with Gasteiger partial charge in [0, 0.05) is 19.8 Å². The summed E-state index contributed by atoms with van der Waals surface area (Å²) in [5, 5.41) is 8.47. The minimum Gasteiger partial charge on any atom is -0.396 e. The van der Waals surface area contributed by atoms with Crippen molar-refractivity contribution in [3.8, 4) is 12.8 Å². The molecule has 1 aliphatic rings. The van der Waals surface area contributed by atoms with E-state index in [0.717, 1.165) is 26.1 Å². The van der Waals surface area contributed by atoms with Crippen LogP contribution in [0.1, 0.15) is 12.8 Å². The highest BCUT2D eigenvalue weighted by molar-refractivity contribution is 4.62. The first-order chi connectivity index (χ1) is 4.93. The van der Waals surface area contributed by atoms with Gasteiger partial charge < -0.3 is 9.84 Å². The SMILES string of the molecule is C#C.OCC[C@H]1CCOC1. The highest BCUT2D eigenvalue weighted by atomic mass is 16.5. The Bertz CT molecular complexity index is 82.5. The van der Waals surface area contributed by atoms with Gasteiger partial charge in [0.05, 0.1) is 0 Å². The van der Waals surface area contributed by atoms with Crippen LogP contribution in [0.4, 0.5) is 0 Å². The van der Waals surface area contributed by atoms with Crippen molar-refractivity contribution in [1.29, 1.82) is 0 Å². The topological polar surface area (TPSA) is 29.5 Å². The van der Waals surface area contributed by atoms with Crippen molar-refractivity contribution >= 4 is 0 Å². The van der Waals surface area contributed by atoms with Crippen LogP contribution in [0.25, 0.3) is 0 Å². The smallest absolute Gasteiger partial charge is 0.0495 e. The lowest BCUT2D eigenvalue weighted by molar-refractivity contribution is 0.175. The molecule has 0 amide bonds. The third kappa shape index (κ3) is 3.49. The molecule has 0 spiro atoms. The molecule has 1 rings (SSSR count). The van der Waals surface area contributed by atoms with E-state index < -0.39 is 0 Å². The molecule has 1 fully saturated rings. The van der Waals surface area contributed by atoms with Crippen LogP contribution in [0.5, 0.6) is 0 Å². The first-order valence-electron chi connectivity index (χ1n) is 3.45. The zero-order valence-electron chi connectivity index (χ0n) is 6.12. The monoisotopic (exact) mass is 142 g/mol. The standard InChI is InChI=1S/C6H12O2.C2H2/c7-3-1-6-2-4-8-5-6;1-2/h6-7H,1-5H2;1-2H/t6-;/m0./s1. The van der Waals surface area contributed by atoms with Crippen LogP contribution < -0.4 is 0 Å². The van der Waals surface area contributed by atoms with Crippen LogP contribution in [0.2, 0.25) is 0 Å². The molecular formula is C8H14O2. The van der Waals surface area contributed by atoms with Crippen molar-refractivity contribution in [2.75, 3.05) is 19.8 Å². The Labute approximate surface area is 62.2 Å². The number of rotatable bonds is 2. The molecule has 0 aliphatic carbocycles. The van der Waals surface area contributed by atoms with Crippen molar-refractivity contribution in [1.82, 2.24) is 0 Å². The number of aliphatic hydroxyl groups excluding tert-OH is 1. The van der Waals surface area contributed by atoms with Gasteiger partial charge in [-0.25, -0.2) is 0 Å². The maximum absolute atomic E-state index is 8.47. The van der Waals surface area contributed by atoms with Crippen molar-refractivity contribution in [2.45, 2.75) is 12.8 Å². The molecule has 58 valence electrons. The molecule has 0 bridgehead atoms. The summed E-state index contributed by atoms with van der Waals surface area (Å²) in [4.78, 5) is 0. The minimum absolute atomic E-state index is 0.314. The van der Waals surface area contributed by atoms with Crippen molar-refractivity contribution in [3.05, 3.63) is 0 Å². The molecule has 0 saturated carbocycles. The number of aliphatic hydroxyl groups is 1. The quantitative estimate of drug-likeness (QED) is 0.574. The summed E-state index contributed by atoms with van der Waals surface area (Å²) < 4.78 is 5.10. The zero-order chi connectivity index (χ0) is 7.82. The van der Waals surface area contributed by atoms with Gasteiger partial charge in [-0.1, -0.05) is 0 Å². The third-order valence-corrected chi connectivity index (χ3v) is 1.56. The van der Waals surface area contributed by atoms with E-state index in [9.17, 15) is 0 Å². The average molecular weight is 142 g/mol. The fraction of sp³-hybridized carbons (Fsp3) is 0.750. The van der Waals surface area contributed by atoms with E-state index in [2.05, 4.69) is 12.8 Å². The Morgan fingerprint density at radius 2 is 2.20 bits per heavy atom. The van der Waals surface area contributed by atoms with Crippen LogP contribution in [-0.4, -0.2) is 24.9 Å². The molecular weight excluding hydrogens is 128 g/mol. The Balaban J connectivity index is 0.000000371. The van der Waals surface area contributed by atoms with Gasteiger partial charge in [0.15, 0.2) is 0 Å². The first kappa shape index (κ1) is 9.48. The van der Waals surface area contributed by atoms with Gasteiger partial charge in [0.1, 0.15) is 0 Å². The number of terminal acetylenes is 1. The number of hydrogen-bond acceptors (Lipinski definition) is 2. The summed E-state index contributed by atoms with van der Waals surface area (Å²) in [5.41, 5.74) is 0. The summed E-state index contributed by atoms with van der Waals surface area (Å²) in [6.07, 6.45) is 10.1. The fourth-order valence-corrected chi connectivity index (χ4v) is 0.994. The lowest BCUT2D eigenvalue weighted by atomic mass is 10.1. The van der Waals surface area contributed by atoms with E-state index in [0.29, 0.717) is 12.5 Å². The molecule has 1 N–H and O–H groups in total. The summed E-state index contributed by atoms with van der Waals surface area (Å²) in [7, 11) is 0. The van der Waals surface area contributed by atoms with Crippen LogP contribution in [-0.2, 0) is 4.74 Å². The molecule has 1 aliphatic heterocycles. The summed E-state index contributed by atoms with van der Waals surface area (Å²) in [5.74, 6) is 0.639. The van der Waals surface area contributed by atoms with Gasteiger partial charge in [-0.05, 0) is 18.8 Å². The van der Waals surface area contributed by atoms with Gasteiger partial charge in [-0.15, -0.1) is 12.8 Å². The maximum atomic E-state index is 8.47.